The molecule has 11 heteroatoms. The lowest BCUT2D eigenvalue weighted by Crippen LogP contribution is -2.40. The van der Waals surface area contributed by atoms with Crippen LogP contribution in [0.3, 0.4) is 0 Å². The molecule has 1 aromatic heterocycles. The molecule has 0 aliphatic carbocycles. The van der Waals surface area contributed by atoms with Gasteiger partial charge in [-0.1, -0.05) is 36.3 Å². The van der Waals surface area contributed by atoms with Gasteiger partial charge in [0.15, 0.2) is 16.3 Å². The largest absolute Gasteiger partial charge is 0.504 e. The fourth-order valence-electron chi connectivity index (χ4n) is 4.43. The van der Waals surface area contributed by atoms with Crippen LogP contribution in [0.25, 0.3) is 6.08 Å². The lowest BCUT2D eigenvalue weighted by atomic mass is 9.93. The molecule has 0 amide bonds. The smallest absolute Gasteiger partial charge is 0.338 e. The molecule has 1 N–H and O–H groups in total. The Bertz CT molecular complexity index is 1630. The molecule has 4 rings (SSSR count). The van der Waals surface area contributed by atoms with Gasteiger partial charge in [-0.2, -0.15) is 0 Å². The normalized spacial score (nSPS) is 15.1. The van der Waals surface area contributed by atoms with Crippen LogP contribution in [0.5, 0.6) is 17.2 Å². The summed E-state index contributed by atoms with van der Waals surface area (Å²) in [6.45, 7) is 6.12. The number of esters is 1. The molecule has 8 nitrogen and oxygen atoms in total. The number of hydrogen-bond donors (Lipinski definition) is 1. The predicted molar refractivity (Wildman–Crippen MR) is 160 cm³/mol. The van der Waals surface area contributed by atoms with Crippen LogP contribution in [-0.4, -0.2) is 36.0 Å². The van der Waals surface area contributed by atoms with E-state index in [1.165, 1.54) is 23.0 Å². The number of benzene rings is 2. The van der Waals surface area contributed by atoms with Crippen LogP contribution in [0.1, 0.15) is 50.8 Å². The molecule has 206 valence electrons. The number of aromatic nitrogens is 1. The number of rotatable bonds is 9. The van der Waals surface area contributed by atoms with Crippen LogP contribution in [0.2, 0.25) is 5.02 Å². The SMILES string of the molecule is CCCC1=C(C(=O)OCC)[C@@H](c2cc(Cl)ccc2OC)n2c(s/c(=C/c3cc(I)c(O)c(OCC)c3)c2=O)=N1. The van der Waals surface area contributed by atoms with E-state index in [4.69, 9.17) is 30.8 Å². The molecule has 1 aliphatic heterocycles. The van der Waals surface area contributed by atoms with Gasteiger partial charge in [0.25, 0.3) is 5.56 Å². The summed E-state index contributed by atoms with van der Waals surface area (Å²) in [5.74, 6) is 0.320. The summed E-state index contributed by atoms with van der Waals surface area (Å²) >= 11 is 9.63. The van der Waals surface area contributed by atoms with Crippen LogP contribution >= 0.6 is 45.5 Å². The maximum atomic E-state index is 14.0. The number of carbonyl (C=O) groups excluding carboxylic acids is 1. The Morgan fingerprint density at radius 2 is 1.97 bits per heavy atom. The van der Waals surface area contributed by atoms with Crippen molar-refractivity contribution < 1.29 is 24.1 Å². The number of allylic oxidation sites excluding steroid dienone is 1. The number of ether oxygens (including phenoxy) is 3. The second-order valence-corrected chi connectivity index (χ2v) is 11.2. The number of thiazole rings is 1. The minimum absolute atomic E-state index is 0.0485. The van der Waals surface area contributed by atoms with E-state index < -0.39 is 12.0 Å². The Hall–Kier alpha value is -2.83. The molecular formula is C28H28ClIN2O6S. The van der Waals surface area contributed by atoms with Gasteiger partial charge < -0.3 is 19.3 Å². The summed E-state index contributed by atoms with van der Waals surface area (Å²) in [5.41, 5.74) is 1.76. The fraction of sp³-hybridized carbons (Fsp3) is 0.321. The van der Waals surface area contributed by atoms with Crippen molar-refractivity contribution in [3.63, 3.8) is 0 Å². The van der Waals surface area contributed by atoms with E-state index in [1.54, 1.807) is 43.3 Å². The number of hydrogen-bond acceptors (Lipinski definition) is 8. The number of aromatic hydroxyl groups is 1. The molecule has 0 radical (unpaired) electrons. The average molecular weight is 683 g/mol. The number of phenols is 1. The number of halogens is 2. The van der Waals surface area contributed by atoms with Gasteiger partial charge in [-0.3, -0.25) is 9.36 Å². The molecule has 1 aliphatic rings. The number of phenolic OH excluding ortho intramolecular Hbond substituents is 1. The lowest BCUT2D eigenvalue weighted by Gasteiger charge is -2.27. The first-order valence-corrected chi connectivity index (χ1v) is 14.7. The van der Waals surface area contributed by atoms with Crippen molar-refractivity contribution in [1.82, 2.24) is 4.57 Å². The van der Waals surface area contributed by atoms with Crippen molar-refractivity contribution in [2.75, 3.05) is 20.3 Å². The van der Waals surface area contributed by atoms with E-state index >= 15 is 0 Å². The first kappa shape index (κ1) is 29.2. The van der Waals surface area contributed by atoms with Crippen LogP contribution in [0, 0.1) is 3.57 Å². The van der Waals surface area contributed by atoms with Gasteiger partial charge in [-0.25, -0.2) is 9.79 Å². The van der Waals surface area contributed by atoms with E-state index in [-0.39, 0.29) is 23.5 Å². The summed E-state index contributed by atoms with van der Waals surface area (Å²) in [5, 5.41) is 10.8. The zero-order valence-corrected chi connectivity index (χ0v) is 25.6. The van der Waals surface area contributed by atoms with Crippen molar-refractivity contribution in [3.05, 3.63) is 81.0 Å². The maximum absolute atomic E-state index is 14.0. The Morgan fingerprint density at radius 3 is 2.64 bits per heavy atom. The molecule has 0 unspecified atom stereocenters. The fourth-order valence-corrected chi connectivity index (χ4v) is 6.25. The minimum atomic E-state index is -0.850. The van der Waals surface area contributed by atoms with E-state index in [2.05, 4.69) is 0 Å². The third-order valence-electron chi connectivity index (χ3n) is 6.03. The second-order valence-electron chi connectivity index (χ2n) is 8.58. The molecule has 39 heavy (non-hydrogen) atoms. The zero-order chi connectivity index (χ0) is 28.3. The third kappa shape index (κ3) is 5.87. The van der Waals surface area contributed by atoms with Crippen LogP contribution in [-0.2, 0) is 9.53 Å². The van der Waals surface area contributed by atoms with Gasteiger partial charge in [0, 0.05) is 10.6 Å². The van der Waals surface area contributed by atoms with Crippen LogP contribution in [0.15, 0.2) is 51.4 Å². The Balaban J connectivity index is 2.03. The first-order chi connectivity index (χ1) is 18.7. The van der Waals surface area contributed by atoms with Gasteiger partial charge in [0.05, 0.1) is 39.7 Å². The predicted octanol–water partition coefficient (Wildman–Crippen LogP) is 4.95. The highest BCUT2D eigenvalue weighted by molar-refractivity contribution is 14.1. The highest BCUT2D eigenvalue weighted by Crippen LogP contribution is 2.38. The molecule has 0 bridgehead atoms. The Kier molecular flexibility index (Phi) is 9.39. The molecule has 0 saturated carbocycles. The minimum Gasteiger partial charge on any atom is -0.504 e. The van der Waals surface area contributed by atoms with E-state index in [0.717, 1.165) is 6.42 Å². The third-order valence-corrected chi connectivity index (χ3v) is 8.07. The molecule has 1 atom stereocenters. The molecule has 3 aromatic rings. The number of carbonyl (C=O) groups is 1. The zero-order valence-electron chi connectivity index (χ0n) is 21.9. The molecule has 0 saturated heterocycles. The van der Waals surface area contributed by atoms with Crippen LogP contribution < -0.4 is 24.4 Å². The summed E-state index contributed by atoms with van der Waals surface area (Å²) in [6, 6.07) is 7.70. The summed E-state index contributed by atoms with van der Waals surface area (Å²) in [4.78, 5) is 32.6. The second kappa shape index (κ2) is 12.6. The molecule has 2 heterocycles. The topological polar surface area (TPSA) is 99.4 Å². The van der Waals surface area contributed by atoms with Crippen molar-refractivity contribution >= 4 is 57.6 Å². The van der Waals surface area contributed by atoms with E-state index in [0.29, 0.717) is 59.3 Å². The molecule has 0 spiro atoms. The quantitative estimate of drug-likeness (QED) is 0.254. The van der Waals surface area contributed by atoms with Crippen molar-refractivity contribution in [3.8, 4) is 17.2 Å². The number of methoxy groups -OCH3 is 1. The van der Waals surface area contributed by atoms with Crippen molar-refractivity contribution in [2.45, 2.75) is 39.7 Å². The standard InChI is InChI=1S/C28H28ClIN2O6S/c1-5-8-19-23(27(35)38-7-3)24(17-14-16(29)9-10-20(17)36-4)32-26(34)22(39-28(32)31-19)13-15-11-18(30)25(33)21(12-15)37-6-2/h9-14,24,33H,5-8H2,1-4H3/b22-13+/t24-/m1/s1. The van der Waals surface area contributed by atoms with Gasteiger partial charge in [-0.15, -0.1) is 0 Å². The highest BCUT2D eigenvalue weighted by Gasteiger charge is 2.36. The maximum Gasteiger partial charge on any atom is 0.338 e. The van der Waals surface area contributed by atoms with Crippen molar-refractivity contribution in [2.24, 2.45) is 4.99 Å². The van der Waals surface area contributed by atoms with E-state index in [9.17, 15) is 14.7 Å². The average Bonchev–Trinajstić information content (AvgIpc) is 3.20. The van der Waals surface area contributed by atoms with Gasteiger partial charge in [0.1, 0.15) is 11.8 Å². The van der Waals surface area contributed by atoms with Gasteiger partial charge >= 0.3 is 5.97 Å². The Morgan fingerprint density at radius 1 is 1.21 bits per heavy atom. The van der Waals surface area contributed by atoms with E-state index in [1.807, 2.05) is 36.4 Å². The van der Waals surface area contributed by atoms with Gasteiger partial charge in [0.2, 0.25) is 0 Å². The van der Waals surface area contributed by atoms with Crippen molar-refractivity contribution in [1.29, 1.82) is 0 Å². The van der Waals surface area contributed by atoms with Gasteiger partial charge in [-0.05, 0) is 84.8 Å². The lowest BCUT2D eigenvalue weighted by molar-refractivity contribution is -0.139. The number of nitrogens with zero attached hydrogens (tertiary/aromatic N) is 2. The highest BCUT2D eigenvalue weighted by atomic mass is 127. The summed E-state index contributed by atoms with van der Waals surface area (Å²) < 4.78 is 19.1. The Labute approximate surface area is 248 Å². The first-order valence-electron chi connectivity index (χ1n) is 12.4. The molecular weight excluding hydrogens is 655 g/mol. The summed E-state index contributed by atoms with van der Waals surface area (Å²) in [6.07, 6.45) is 2.99. The molecule has 0 fully saturated rings. The molecule has 2 aromatic carbocycles. The summed E-state index contributed by atoms with van der Waals surface area (Å²) in [7, 11) is 1.53. The van der Waals surface area contributed by atoms with Crippen LogP contribution in [0.4, 0.5) is 0 Å². The number of fused-ring (bicyclic) bond motifs is 1. The monoisotopic (exact) mass is 682 g/mol.